The van der Waals surface area contributed by atoms with Crippen molar-refractivity contribution in [2.45, 2.75) is 35.4 Å². The van der Waals surface area contributed by atoms with Crippen LogP contribution in [0.25, 0.3) is 0 Å². The summed E-state index contributed by atoms with van der Waals surface area (Å²) in [6.07, 6.45) is 5.54. The second-order valence-electron chi connectivity index (χ2n) is 5.94. The zero-order valence-corrected chi connectivity index (χ0v) is 15.1. The van der Waals surface area contributed by atoms with Crippen molar-refractivity contribution in [1.82, 2.24) is 5.32 Å². The summed E-state index contributed by atoms with van der Waals surface area (Å²) >= 11 is 1.91. The van der Waals surface area contributed by atoms with E-state index in [1.165, 1.54) is 6.26 Å². The standard InChI is InChI=1S/C16H25NO3S2/c1-13(14-4-6-15(7-5-14)22(3,18)19)17-12-16(21-2)8-10-20-11-9-16/h4-7,13,17H,8-12H2,1-3H3/t13-/m0/s1. The van der Waals surface area contributed by atoms with Gasteiger partial charge in [-0.15, -0.1) is 0 Å². The molecular weight excluding hydrogens is 318 g/mol. The van der Waals surface area contributed by atoms with Gasteiger partial charge >= 0.3 is 0 Å². The highest BCUT2D eigenvalue weighted by Gasteiger charge is 2.31. The lowest BCUT2D eigenvalue weighted by atomic mass is 9.98. The highest BCUT2D eigenvalue weighted by atomic mass is 32.2. The van der Waals surface area contributed by atoms with E-state index in [1.54, 1.807) is 12.1 Å². The van der Waals surface area contributed by atoms with Gasteiger partial charge in [-0.3, -0.25) is 0 Å². The van der Waals surface area contributed by atoms with Crippen molar-refractivity contribution in [3.63, 3.8) is 0 Å². The molecule has 4 nitrogen and oxygen atoms in total. The zero-order valence-electron chi connectivity index (χ0n) is 13.5. The molecule has 0 amide bonds. The largest absolute Gasteiger partial charge is 0.381 e. The Balaban J connectivity index is 1.98. The Morgan fingerprint density at radius 1 is 1.27 bits per heavy atom. The molecule has 1 saturated heterocycles. The zero-order chi connectivity index (χ0) is 16.2. The van der Waals surface area contributed by atoms with E-state index in [0.717, 1.165) is 38.2 Å². The monoisotopic (exact) mass is 343 g/mol. The quantitative estimate of drug-likeness (QED) is 0.860. The molecule has 2 rings (SSSR count). The molecule has 0 unspecified atom stereocenters. The first-order valence-corrected chi connectivity index (χ1v) is 10.6. The molecule has 0 bridgehead atoms. The molecule has 0 aromatic heterocycles. The summed E-state index contributed by atoms with van der Waals surface area (Å²) in [5, 5.41) is 3.59. The maximum absolute atomic E-state index is 11.5. The van der Waals surface area contributed by atoms with Crippen LogP contribution in [0.2, 0.25) is 0 Å². The van der Waals surface area contributed by atoms with E-state index in [4.69, 9.17) is 4.74 Å². The first-order chi connectivity index (χ1) is 10.4. The van der Waals surface area contributed by atoms with Crippen LogP contribution in [-0.2, 0) is 14.6 Å². The smallest absolute Gasteiger partial charge is 0.175 e. The first-order valence-electron chi connectivity index (χ1n) is 7.53. The van der Waals surface area contributed by atoms with E-state index in [-0.39, 0.29) is 10.8 Å². The van der Waals surface area contributed by atoms with E-state index >= 15 is 0 Å². The van der Waals surface area contributed by atoms with Crippen LogP contribution in [0, 0.1) is 0 Å². The second-order valence-corrected chi connectivity index (χ2v) is 9.23. The molecular formula is C16H25NO3S2. The Bertz CT molecular complexity index is 578. The summed E-state index contributed by atoms with van der Waals surface area (Å²) in [4.78, 5) is 0.369. The minimum atomic E-state index is -3.13. The number of rotatable bonds is 6. The second kappa shape index (κ2) is 7.34. The minimum absolute atomic E-state index is 0.195. The van der Waals surface area contributed by atoms with E-state index in [0.29, 0.717) is 4.90 Å². The molecule has 6 heteroatoms. The van der Waals surface area contributed by atoms with Crippen molar-refractivity contribution >= 4 is 21.6 Å². The average Bonchev–Trinajstić information content (AvgIpc) is 2.53. The predicted molar refractivity (Wildman–Crippen MR) is 92.3 cm³/mol. The third-order valence-electron chi connectivity index (χ3n) is 4.38. The molecule has 0 radical (unpaired) electrons. The fourth-order valence-corrected chi connectivity index (χ4v) is 4.09. The van der Waals surface area contributed by atoms with Gasteiger partial charge in [-0.05, 0) is 43.7 Å². The van der Waals surface area contributed by atoms with Crippen molar-refractivity contribution in [2.24, 2.45) is 0 Å². The topological polar surface area (TPSA) is 55.4 Å². The van der Waals surface area contributed by atoms with Crippen LogP contribution >= 0.6 is 11.8 Å². The van der Waals surface area contributed by atoms with Crippen molar-refractivity contribution < 1.29 is 13.2 Å². The Morgan fingerprint density at radius 2 is 1.86 bits per heavy atom. The summed E-state index contributed by atoms with van der Waals surface area (Å²) in [7, 11) is -3.13. The van der Waals surface area contributed by atoms with Crippen molar-refractivity contribution in [3.05, 3.63) is 29.8 Å². The fourth-order valence-electron chi connectivity index (χ4n) is 2.66. The summed E-state index contributed by atoms with van der Waals surface area (Å²) in [6, 6.07) is 7.34. The van der Waals surface area contributed by atoms with Gasteiger partial charge in [-0.25, -0.2) is 8.42 Å². The van der Waals surface area contributed by atoms with Gasteiger partial charge in [0.15, 0.2) is 9.84 Å². The molecule has 0 aliphatic carbocycles. The normalized spacial score (nSPS) is 19.8. The fraction of sp³-hybridized carbons (Fsp3) is 0.625. The molecule has 1 aromatic carbocycles. The van der Waals surface area contributed by atoms with Gasteiger partial charge in [0.25, 0.3) is 0 Å². The molecule has 1 N–H and O–H groups in total. The number of benzene rings is 1. The van der Waals surface area contributed by atoms with Crippen LogP contribution in [-0.4, -0.2) is 45.4 Å². The lowest BCUT2D eigenvalue weighted by Crippen LogP contribution is -2.43. The van der Waals surface area contributed by atoms with E-state index in [9.17, 15) is 8.42 Å². The summed E-state index contributed by atoms with van der Waals surface area (Å²) in [5.41, 5.74) is 1.11. The van der Waals surface area contributed by atoms with E-state index in [1.807, 2.05) is 23.9 Å². The van der Waals surface area contributed by atoms with E-state index in [2.05, 4.69) is 18.5 Å². The predicted octanol–water partition coefficient (Wildman–Crippen LogP) is 2.65. The molecule has 0 spiro atoms. The molecule has 22 heavy (non-hydrogen) atoms. The number of hydrogen-bond acceptors (Lipinski definition) is 5. The maximum atomic E-state index is 11.5. The molecule has 1 fully saturated rings. The van der Waals surface area contributed by atoms with Crippen LogP contribution < -0.4 is 5.32 Å². The third-order valence-corrected chi connectivity index (χ3v) is 6.92. The van der Waals surface area contributed by atoms with Gasteiger partial charge < -0.3 is 10.1 Å². The van der Waals surface area contributed by atoms with Crippen molar-refractivity contribution in [1.29, 1.82) is 0 Å². The first kappa shape index (κ1) is 17.8. The Kier molecular flexibility index (Phi) is 5.94. The number of hydrogen-bond donors (Lipinski definition) is 1. The van der Waals surface area contributed by atoms with Crippen LogP contribution in [0.1, 0.15) is 31.4 Å². The van der Waals surface area contributed by atoms with Gasteiger partial charge in [-0.2, -0.15) is 11.8 Å². The number of ether oxygens (including phenoxy) is 1. The molecule has 1 heterocycles. The molecule has 1 aliphatic heterocycles. The maximum Gasteiger partial charge on any atom is 0.175 e. The van der Waals surface area contributed by atoms with Crippen molar-refractivity contribution in [2.75, 3.05) is 32.3 Å². The highest BCUT2D eigenvalue weighted by molar-refractivity contribution is 8.00. The summed E-state index contributed by atoms with van der Waals surface area (Å²) in [6.45, 7) is 4.72. The number of sulfone groups is 1. The average molecular weight is 344 g/mol. The molecule has 1 atom stereocenters. The number of thioether (sulfide) groups is 1. The lowest BCUT2D eigenvalue weighted by molar-refractivity contribution is 0.0766. The summed E-state index contributed by atoms with van der Waals surface area (Å²) in [5.74, 6) is 0. The molecule has 1 aromatic rings. The van der Waals surface area contributed by atoms with Gasteiger partial charge in [-0.1, -0.05) is 12.1 Å². The van der Waals surface area contributed by atoms with Crippen LogP contribution in [0.3, 0.4) is 0 Å². The van der Waals surface area contributed by atoms with Crippen LogP contribution in [0.4, 0.5) is 0 Å². The Labute approximate surface area is 137 Å². The minimum Gasteiger partial charge on any atom is -0.381 e. The number of nitrogens with one attached hydrogen (secondary N) is 1. The van der Waals surface area contributed by atoms with Crippen molar-refractivity contribution in [3.8, 4) is 0 Å². The van der Waals surface area contributed by atoms with Crippen LogP contribution in [0.5, 0.6) is 0 Å². The lowest BCUT2D eigenvalue weighted by Gasteiger charge is -2.36. The van der Waals surface area contributed by atoms with Crippen LogP contribution in [0.15, 0.2) is 29.2 Å². The molecule has 124 valence electrons. The van der Waals surface area contributed by atoms with Gasteiger partial charge in [0.1, 0.15) is 0 Å². The third kappa shape index (κ3) is 4.47. The van der Waals surface area contributed by atoms with Gasteiger partial charge in [0, 0.05) is 36.8 Å². The van der Waals surface area contributed by atoms with E-state index < -0.39 is 9.84 Å². The highest BCUT2D eigenvalue weighted by Crippen LogP contribution is 2.33. The Morgan fingerprint density at radius 3 is 2.36 bits per heavy atom. The molecule has 0 saturated carbocycles. The SMILES string of the molecule is CSC1(CN[C@@H](C)c2ccc(S(C)(=O)=O)cc2)CCOCC1. The molecule has 1 aliphatic rings. The Hall–Kier alpha value is -0.560. The van der Waals surface area contributed by atoms with Gasteiger partial charge in [0.05, 0.1) is 4.90 Å². The van der Waals surface area contributed by atoms with Gasteiger partial charge in [0.2, 0.25) is 0 Å². The summed E-state index contributed by atoms with van der Waals surface area (Å²) < 4.78 is 28.7.